The van der Waals surface area contributed by atoms with Gasteiger partial charge in [0, 0.05) is 18.0 Å². The SMILES string of the molecule is NC(=O)c1cc(-c2ccc(OCc3nccnc3Cl)cc2)c(C(F)(F)F)[nH]c1=O. The van der Waals surface area contributed by atoms with E-state index in [1.165, 1.54) is 36.7 Å². The van der Waals surface area contributed by atoms with E-state index >= 15 is 0 Å². The van der Waals surface area contributed by atoms with Crippen molar-refractivity contribution >= 4 is 17.5 Å². The van der Waals surface area contributed by atoms with E-state index in [1.807, 2.05) is 0 Å². The lowest BCUT2D eigenvalue weighted by Crippen LogP contribution is -2.27. The zero-order valence-corrected chi connectivity index (χ0v) is 15.2. The topological polar surface area (TPSA) is 111 Å². The van der Waals surface area contributed by atoms with Gasteiger partial charge in [0.2, 0.25) is 0 Å². The highest BCUT2D eigenvalue weighted by atomic mass is 35.5. The van der Waals surface area contributed by atoms with Crippen molar-refractivity contribution in [3.63, 3.8) is 0 Å². The summed E-state index contributed by atoms with van der Waals surface area (Å²) in [7, 11) is 0. The summed E-state index contributed by atoms with van der Waals surface area (Å²) in [6.45, 7) is 0.00427. The van der Waals surface area contributed by atoms with E-state index in [9.17, 15) is 22.8 Å². The van der Waals surface area contributed by atoms with Gasteiger partial charge in [0.25, 0.3) is 11.5 Å². The van der Waals surface area contributed by atoms with Crippen LogP contribution in [0.4, 0.5) is 13.2 Å². The third kappa shape index (κ3) is 4.54. The monoisotopic (exact) mass is 424 g/mol. The fraction of sp³-hybridized carbons (Fsp3) is 0.111. The summed E-state index contributed by atoms with van der Waals surface area (Å²) < 4.78 is 45.5. The number of amides is 1. The Kier molecular flexibility index (Phi) is 5.55. The van der Waals surface area contributed by atoms with E-state index in [0.29, 0.717) is 11.4 Å². The molecule has 11 heteroatoms. The smallest absolute Gasteiger partial charge is 0.431 e. The Morgan fingerprint density at radius 2 is 1.83 bits per heavy atom. The molecule has 0 radical (unpaired) electrons. The average molecular weight is 425 g/mol. The van der Waals surface area contributed by atoms with Crippen LogP contribution in [0.5, 0.6) is 5.75 Å². The van der Waals surface area contributed by atoms with Crippen LogP contribution in [0.2, 0.25) is 5.15 Å². The number of pyridine rings is 1. The quantitative estimate of drug-likeness (QED) is 0.653. The fourth-order valence-corrected chi connectivity index (χ4v) is 2.65. The Morgan fingerprint density at radius 1 is 1.17 bits per heavy atom. The maximum Gasteiger partial charge on any atom is 0.431 e. The maximum atomic E-state index is 13.3. The van der Waals surface area contributed by atoms with Gasteiger partial charge in [-0.15, -0.1) is 0 Å². The lowest BCUT2D eigenvalue weighted by Gasteiger charge is -2.14. The zero-order valence-electron chi connectivity index (χ0n) is 14.5. The van der Waals surface area contributed by atoms with Crippen molar-refractivity contribution in [2.24, 2.45) is 5.73 Å². The average Bonchev–Trinajstić information content (AvgIpc) is 2.67. The molecule has 0 aliphatic carbocycles. The highest BCUT2D eigenvalue weighted by Crippen LogP contribution is 2.35. The Bertz CT molecular complexity index is 1110. The van der Waals surface area contributed by atoms with Crippen molar-refractivity contribution < 1.29 is 22.7 Å². The summed E-state index contributed by atoms with van der Waals surface area (Å²) >= 11 is 5.88. The van der Waals surface area contributed by atoms with Crippen LogP contribution < -0.4 is 16.0 Å². The van der Waals surface area contributed by atoms with Gasteiger partial charge in [0.05, 0.1) is 0 Å². The normalized spacial score (nSPS) is 11.3. The number of primary amides is 1. The van der Waals surface area contributed by atoms with Crippen LogP contribution in [0.25, 0.3) is 11.1 Å². The molecule has 2 aromatic heterocycles. The molecule has 1 aromatic carbocycles. The van der Waals surface area contributed by atoms with Crippen LogP contribution in [0.1, 0.15) is 21.7 Å². The van der Waals surface area contributed by atoms with E-state index in [-0.39, 0.29) is 17.3 Å². The first-order valence-corrected chi connectivity index (χ1v) is 8.37. The molecule has 3 rings (SSSR count). The molecule has 0 atom stereocenters. The highest BCUT2D eigenvalue weighted by Gasteiger charge is 2.36. The Labute approximate surface area is 166 Å². The molecule has 1 amide bonds. The summed E-state index contributed by atoms with van der Waals surface area (Å²) in [5.74, 6) is -0.800. The van der Waals surface area contributed by atoms with Gasteiger partial charge in [0.15, 0.2) is 5.15 Å². The van der Waals surface area contributed by atoms with Gasteiger partial charge in [-0.05, 0) is 23.8 Å². The van der Waals surface area contributed by atoms with Crippen molar-refractivity contribution in [3.05, 3.63) is 75.2 Å². The minimum atomic E-state index is -4.84. The molecule has 3 aromatic rings. The molecule has 0 fully saturated rings. The Balaban J connectivity index is 1.93. The molecule has 0 saturated carbocycles. The Morgan fingerprint density at radius 3 is 2.41 bits per heavy atom. The number of nitrogens with zero attached hydrogens (tertiary/aromatic N) is 2. The molecule has 0 aliphatic heterocycles. The lowest BCUT2D eigenvalue weighted by molar-refractivity contribution is -0.140. The third-order valence-electron chi connectivity index (χ3n) is 3.85. The van der Waals surface area contributed by atoms with Crippen LogP contribution in [-0.4, -0.2) is 20.9 Å². The van der Waals surface area contributed by atoms with E-state index in [0.717, 1.165) is 6.07 Å². The number of H-pyrrole nitrogens is 1. The van der Waals surface area contributed by atoms with Crippen molar-refractivity contribution in [1.82, 2.24) is 15.0 Å². The molecule has 7 nitrogen and oxygen atoms in total. The van der Waals surface area contributed by atoms with E-state index in [2.05, 4.69) is 9.97 Å². The number of nitrogens with one attached hydrogen (secondary N) is 1. The van der Waals surface area contributed by atoms with Gasteiger partial charge in [0.1, 0.15) is 29.3 Å². The fourth-order valence-electron chi connectivity index (χ4n) is 2.49. The summed E-state index contributed by atoms with van der Waals surface area (Å²) in [6.07, 6.45) is -1.98. The number of hydrogen-bond acceptors (Lipinski definition) is 5. The van der Waals surface area contributed by atoms with E-state index in [4.69, 9.17) is 22.1 Å². The predicted molar refractivity (Wildman–Crippen MR) is 97.4 cm³/mol. The first-order chi connectivity index (χ1) is 13.7. The van der Waals surface area contributed by atoms with E-state index < -0.39 is 34.5 Å². The van der Waals surface area contributed by atoms with Gasteiger partial charge in [-0.1, -0.05) is 23.7 Å². The number of ether oxygens (including phenoxy) is 1. The van der Waals surface area contributed by atoms with Gasteiger partial charge in [-0.3, -0.25) is 14.6 Å². The largest absolute Gasteiger partial charge is 0.487 e. The van der Waals surface area contributed by atoms with Crippen molar-refractivity contribution in [1.29, 1.82) is 0 Å². The molecule has 150 valence electrons. The molecular weight excluding hydrogens is 413 g/mol. The van der Waals surface area contributed by atoms with Crippen molar-refractivity contribution in [2.75, 3.05) is 0 Å². The number of aromatic amines is 1. The first kappa shape index (κ1) is 20.3. The molecule has 0 saturated heterocycles. The number of benzene rings is 1. The second kappa shape index (κ2) is 7.92. The molecule has 29 heavy (non-hydrogen) atoms. The van der Waals surface area contributed by atoms with Crippen molar-refractivity contribution in [2.45, 2.75) is 12.8 Å². The van der Waals surface area contributed by atoms with Crippen LogP contribution >= 0.6 is 11.6 Å². The minimum Gasteiger partial charge on any atom is -0.487 e. The zero-order chi connectivity index (χ0) is 21.2. The number of carbonyl (C=O) groups is 1. The summed E-state index contributed by atoms with van der Waals surface area (Å²) in [5, 5.41) is 0.172. The predicted octanol–water partition coefficient (Wildman–Crippen LogP) is 3.18. The molecule has 2 heterocycles. The molecule has 0 spiro atoms. The number of hydrogen-bond donors (Lipinski definition) is 2. The number of alkyl halides is 3. The van der Waals surface area contributed by atoms with Crippen LogP contribution in [0.15, 0.2) is 47.5 Å². The third-order valence-corrected chi connectivity index (χ3v) is 4.17. The second-order valence-corrected chi connectivity index (χ2v) is 6.13. The summed E-state index contributed by atoms with van der Waals surface area (Å²) in [4.78, 5) is 32.6. The number of halogens is 4. The molecule has 3 N–H and O–H groups in total. The molecule has 0 aliphatic rings. The summed E-state index contributed by atoms with van der Waals surface area (Å²) in [6, 6.07) is 6.37. The maximum absolute atomic E-state index is 13.3. The molecule has 0 bridgehead atoms. The van der Waals surface area contributed by atoms with Crippen LogP contribution in [0, 0.1) is 0 Å². The van der Waals surface area contributed by atoms with Gasteiger partial charge in [-0.2, -0.15) is 13.2 Å². The number of carbonyl (C=O) groups excluding carboxylic acids is 1. The lowest BCUT2D eigenvalue weighted by atomic mass is 10.0. The van der Waals surface area contributed by atoms with Crippen LogP contribution in [0.3, 0.4) is 0 Å². The molecule has 0 unspecified atom stereocenters. The number of rotatable bonds is 5. The summed E-state index contributed by atoms with van der Waals surface area (Å²) in [5.41, 5.74) is 2.09. The molecular formula is C18H12ClF3N4O3. The minimum absolute atomic E-state index is 0.00427. The van der Waals surface area contributed by atoms with Gasteiger partial charge >= 0.3 is 6.18 Å². The first-order valence-electron chi connectivity index (χ1n) is 7.99. The highest BCUT2D eigenvalue weighted by molar-refractivity contribution is 6.29. The number of nitrogens with two attached hydrogens (primary N) is 1. The van der Waals surface area contributed by atoms with E-state index in [1.54, 1.807) is 4.98 Å². The Hall–Kier alpha value is -3.40. The second-order valence-electron chi connectivity index (χ2n) is 5.77. The van der Waals surface area contributed by atoms with Crippen molar-refractivity contribution in [3.8, 4) is 16.9 Å². The van der Waals surface area contributed by atoms with Gasteiger partial charge in [-0.25, -0.2) is 4.98 Å². The number of aromatic nitrogens is 3. The van der Waals surface area contributed by atoms with Gasteiger partial charge < -0.3 is 15.5 Å². The van der Waals surface area contributed by atoms with Crippen LogP contribution in [-0.2, 0) is 12.8 Å². The standard InChI is InChI=1S/C18H12ClF3N4O3/c19-15-13(24-5-6-25-15)8-29-10-3-1-9(2-4-10)11-7-12(16(23)27)17(28)26-14(11)18(20,21)22/h1-7H,8H2,(H2,23,27)(H,26,28).